The Morgan fingerprint density at radius 1 is 0.591 bits per heavy atom. The number of piperidine rings is 2. The van der Waals surface area contributed by atoms with Crippen molar-refractivity contribution in [1.82, 2.24) is 29.4 Å². The second-order valence-electron chi connectivity index (χ2n) is 20.6. The number of carbonyl (C=O) groups is 4. The van der Waals surface area contributed by atoms with E-state index in [9.17, 15) is 29.3 Å². The number of anilines is 3. The van der Waals surface area contributed by atoms with Crippen LogP contribution in [0, 0.1) is 10.1 Å². The maximum atomic E-state index is 12.7. The molecule has 6 aliphatic rings. The number of nitro benzene ring substituents is 1. The van der Waals surface area contributed by atoms with Gasteiger partial charge in [0.25, 0.3) is 17.5 Å². The van der Waals surface area contributed by atoms with E-state index in [1.54, 1.807) is 21.7 Å². The first-order valence-corrected chi connectivity index (χ1v) is 23.9. The van der Waals surface area contributed by atoms with Gasteiger partial charge in [-0.1, -0.05) is 0 Å². The highest BCUT2D eigenvalue weighted by Gasteiger charge is 2.37. The van der Waals surface area contributed by atoms with E-state index in [2.05, 4.69) is 25.7 Å². The van der Waals surface area contributed by atoms with Crippen LogP contribution in [0.3, 0.4) is 0 Å². The highest BCUT2D eigenvalue weighted by Crippen LogP contribution is 2.37. The van der Waals surface area contributed by atoms with Gasteiger partial charge in [-0.05, 0) is 109 Å². The topological polar surface area (TPSA) is 182 Å². The normalized spacial score (nSPS) is 20.7. The summed E-state index contributed by atoms with van der Waals surface area (Å²) in [4.78, 5) is 77.8. The molecule has 0 aromatic heterocycles. The van der Waals surface area contributed by atoms with Crippen molar-refractivity contribution in [1.29, 1.82) is 0 Å². The van der Waals surface area contributed by atoms with Gasteiger partial charge in [-0.3, -0.25) is 29.5 Å². The van der Waals surface area contributed by atoms with Crippen molar-refractivity contribution < 1.29 is 33.6 Å². The van der Waals surface area contributed by atoms with Crippen LogP contribution in [0.15, 0.2) is 24.3 Å². The molecule has 6 heterocycles. The number of piperazine rings is 2. The molecule has 2 aromatic carbocycles. The zero-order valence-corrected chi connectivity index (χ0v) is 40.5. The number of nitrogens with two attached hydrogens (primary N) is 1. The number of fused-ring (bicyclic) bond motifs is 2. The average Bonchev–Trinajstić information content (AvgIpc) is 3.28. The quantitative estimate of drug-likeness (QED) is 0.236. The van der Waals surface area contributed by atoms with Crippen LogP contribution in [-0.2, 0) is 22.3 Å². The monoisotopic (exact) mass is 917 g/mol. The summed E-state index contributed by atoms with van der Waals surface area (Å²) in [5, 5.41) is 11.5. The fourth-order valence-corrected chi connectivity index (χ4v) is 10.3. The molecule has 8 rings (SSSR count). The van der Waals surface area contributed by atoms with Crippen LogP contribution in [-0.4, -0.2) is 187 Å². The van der Waals surface area contributed by atoms with Crippen LogP contribution in [0.5, 0.6) is 0 Å². The predicted molar refractivity (Wildman–Crippen MR) is 255 cm³/mol. The fraction of sp³-hybridized carbons (Fsp3) is 0.667. The number of carbonyl (C=O) groups excluding carboxylic acids is 4. The molecule has 0 bridgehead atoms. The first kappa shape index (κ1) is 48.6. The van der Waals surface area contributed by atoms with Crippen molar-refractivity contribution in [3.8, 4) is 0 Å². The molecule has 18 nitrogen and oxygen atoms in total. The van der Waals surface area contributed by atoms with Crippen LogP contribution < -0.4 is 15.5 Å². The number of rotatable bonds is 5. The van der Waals surface area contributed by atoms with Crippen molar-refractivity contribution in [2.24, 2.45) is 0 Å². The Kier molecular flexibility index (Phi) is 14.6. The summed E-state index contributed by atoms with van der Waals surface area (Å²) in [5.74, 6) is -0.240. The molecule has 66 heavy (non-hydrogen) atoms. The van der Waals surface area contributed by atoms with E-state index in [-0.39, 0.29) is 35.3 Å². The molecule has 18 heteroatoms. The van der Waals surface area contributed by atoms with Gasteiger partial charge in [0, 0.05) is 141 Å². The maximum Gasteiger partial charge on any atom is 0.410 e. The van der Waals surface area contributed by atoms with Crippen LogP contribution in [0.25, 0.3) is 0 Å². The van der Waals surface area contributed by atoms with Gasteiger partial charge >= 0.3 is 12.2 Å². The second kappa shape index (κ2) is 19.9. The highest BCUT2D eigenvalue weighted by atomic mass is 16.6. The van der Waals surface area contributed by atoms with Crippen molar-refractivity contribution in [2.75, 3.05) is 121 Å². The number of benzene rings is 2. The van der Waals surface area contributed by atoms with Crippen LogP contribution in [0.1, 0.15) is 99.1 Å². The number of hydrogen-bond donors (Lipinski definition) is 1. The maximum absolute atomic E-state index is 12.7. The van der Waals surface area contributed by atoms with E-state index in [0.29, 0.717) is 49.4 Å². The van der Waals surface area contributed by atoms with Gasteiger partial charge in [-0.2, -0.15) is 0 Å². The number of ether oxygens (including phenoxy) is 2. The lowest BCUT2D eigenvalue weighted by molar-refractivity contribution is -0.385. The predicted octanol–water partition coefficient (Wildman–Crippen LogP) is 5.16. The summed E-state index contributed by atoms with van der Waals surface area (Å²) in [6.07, 6.45) is 5.15. The third-order valence-corrected chi connectivity index (χ3v) is 13.9. The Labute approximate surface area is 390 Å². The van der Waals surface area contributed by atoms with E-state index in [1.165, 1.54) is 11.8 Å². The summed E-state index contributed by atoms with van der Waals surface area (Å²) < 4.78 is 11.0. The van der Waals surface area contributed by atoms with E-state index >= 15 is 0 Å². The van der Waals surface area contributed by atoms with Gasteiger partial charge in [0.1, 0.15) is 16.8 Å². The molecular weight excluding hydrogens is 845 g/mol. The van der Waals surface area contributed by atoms with E-state index in [0.717, 1.165) is 121 Å². The van der Waals surface area contributed by atoms with Crippen molar-refractivity contribution >= 4 is 46.8 Å². The summed E-state index contributed by atoms with van der Waals surface area (Å²) >= 11 is 0. The Bertz CT molecular complexity index is 2120. The van der Waals surface area contributed by atoms with Crippen molar-refractivity contribution in [3.63, 3.8) is 0 Å². The van der Waals surface area contributed by atoms with Gasteiger partial charge in [-0.15, -0.1) is 0 Å². The van der Waals surface area contributed by atoms with Crippen LogP contribution >= 0.6 is 0 Å². The lowest BCUT2D eigenvalue weighted by Crippen LogP contribution is -2.55. The smallest absolute Gasteiger partial charge is 0.410 e. The summed E-state index contributed by atoms with van der Waals surface area (Å²) in [6.45, 7) is 22.5. The molecule has 0 aliphatic carbocycles. The van der Waals surface area contributed by atoms with Gasteiger partial charge in [0.15, 0.2) is 0 Å². The molecule has 4 fully saturated rings. The van der Waals surface area contributed by atoms with Crippen molar-refractivity contribution in [2.45, 2.75) is 103 Å². The molecular formula is C48H72N10O8. The summed E-state index contributed by atoms with van der Waals surface area (Å²) in [7, 11) is 3.53. The molecule has 0 atom stereocenters. The van der Waals surface area contributed by atoms with Gasteiger partial charge in [0.2, 0.25) is 0 Å². The number of hydrogen-bond acceptors (Lipinski definition) is 13. The molecule has 0 unspecified atom stereocenters. The van der Waals surface area contributed by atoms with Crippen LogP contribution in [0.2, 0.25) is 0 Å². The van der Waals surface area contributed by atoms with Gasteiger partial charge in [0.05, 0.1) is 10.5 Å². The summed E-state index contributed by atoms with van der Waals surface area (Å²) in [5.41, 5.74) is 10.7. The molecule has 2 N–H and O–H groups in total. The first-order chi connectivity index (χ1) is 31.2. The van der Waals surface area contributed by atoms with Crippen molar-refractivity contribution in [3.05, 3.63) is 56.6 Å². The Hall–Kier alpha value is -5.36. The second-order valence-corrected chi connectivity index (χ2v) is 20.6. The average molecular weight is 917 g/mol. The van der Waals surface area contributed by atoms with Gasteiger partial charge in [-0.25, -0.2) is 9.59 Å². The fourth-order valence-electron chi connectivity index (χ4n) is 10.3. The SMILES string of the molecule is CN1CCc2c(N3CCC(N4CCN(C(=O)OC(C)(C)C)CC4)CC3)ccc(N)c2C1=O.CN1CCc2c(N3CCC(N4CCN(C(=O)OC(C)(C)C)CC4)CC3)ccc([N+](=O)[O-])c2C1=O. The number of amides is 4. The molecule has 362 valence electrons. The van der Waals surface area contributed by atoms with E-state index in [4.69, 9.17) is 15.2 Å². The number of nitrogens with zero attached hydrogens (tertiary/aromatic N) is 9. The van der Waals surface area contributed by atoms with E-state index < -0.39 is 16.1 Å². The Balaban J connectivity index is 0.000000197. The third kappa shape index (κ3) is 11.1. The minimum atomic E-state index is -0.488. The molecule has 4 saturated heterocycles. The number of nitro groups is 1. The zero-order valence-electron chi connectivity index (χ0n) is 40.5. The molecule has 0 spiro atoms. The minimum Gasteiger partial charge on any atom is -0.444 e. The zero-order chi connectivity index (χ0) is 47.7. The lowest BCUT2D eigenvalue weighted by atomic mass is 9.93. The molecule has 2 aromatic rings. The third-order valence-electron chi connectivity index (χ3n) is 13.9. The summed E-state index contributed by atoms with van der Waals surface area (Å²) in [6, 6.07) is 8.24. The Morgan fingerprint density at radius 3 is 1.36 bits per heavy atom. The number of likely N-dealkylation sites (N-methyl/N-ethyl adjacent to an activating group) is 2. The van der Waals surface area contributed by atoms with Crippen LogP contribution in [0.4, 0.5) is 32.3 Å². The highest BCUT2D eigenvalue weighted by molar-refractivity contribution is 6.03. The lowest BCUT2D eigenvalue weighted by Gasteiger charge is -2.44. The standard InChI is InChI=1S/C24H35N5O5.C24H37N5O3/c1-24(2,3)34-23(31)28-15-13-26(14-16-28)17-7-11-27(12-8-17)19-5-6-20(29(32)33)21-18(19)9-10-25(4)22(21)30;1-24(2,3)32-23(31)29-15-13-27(14-16-29)17-7-11-28(12-8-17)20-6-5-19(25)21-18(20)9-10-26(4)22(21)30/h5-6,17H,7-16H2,1-4H3;5-6,17H,7-16,25H2,1-4H3. The molecule has 0 saturated carbocycles. The Morgan fingerprint density at radius 2 is 0.970 bits per heavy atom. The first-order valence-electron chi connectivity index (χ1n) is 23.9. The molecule has 0 radical (unpaired) electrons. The largest absolute Gasteiger partial charge is 0.444 e. The molecule has 4 amide bonds. The minimum absolute atomic E-state index is 0.0309. The number of nitrogen functional groups attached to an aromatic ring is 1. The van der Waals surface area contributed by atoms with E-state index in [1.807, 2.05) is 65.6 Å². The molecule has 6 aliphatic heterocycles. The van der Waals surface area contributed by atoms with Gasteiger partial charge < -0.3 is 44.6 Å².